The third-order valence-electron chi connectivity index (χ3n) is 4.89. The normalized spacial score (nSPS) is 18.5. The van der Waals surface area contributed by atoms with Gasteiger partial charge in [-0.3, -0.25) is 4.79 Å². The van der Waals surface area contributed by atoms with Gasteiger partial charge in [0.2, 0.25) is 10.0 Å². The summed E-state index contributed by atoms with van der Waals surface area (Å²) in [5.74, 6) is -0.424. The second-order valence-electron chi connectivity index (χ2n) is 7.31. The number of carbonyl (C=O) groups is 1. The molecule has 1 aliphatic carbocycles. The van der Waals surface area contributed by atoms with Gasteiger partial charge in [-0.1, -0.05) is 37.3 Å². The number of rotatable bonds is 6. The van der Waals surface area contributed by atoms with Gasteiger partial charge in [-0.15, -0.1) is 0 Å². The highest BCUT2D eigenvalue weighted by atomic mass is 32.2. The Morgan fingerprint density at radius 2 is 1.97 bits per heavy atom. The van der Waals surface area contributed by atoms with E-state index in [0.29, 0.717) is 5.92 Å². The monoisotopic (exact) mass is 415 g/mol. The Balaban J connectivity index is 1.73. The Bertz CT molecular complexity index is 1000. The maximum absolute atomic E-state index is 12.6. The van der Waals surface area contributed by atoms with Crippen LogP contribution in [0.2, 0.25) is 0 Å². The maximum atomic E-state index is 12.6. The average Bonchev–Trinajstić information content (AvgIpc) is 2.71. The second kappa shape index (κ2) is 9.19. The number of phenols is 1. The summed E-state index contributed by atoms with van der Waals surface area (Å²) in [5.41, 5.74) is 4.02. The summed E-state index contributed by atoms with van der Waals surface area (Å²) in [5, 5.41) is 14.2. The number of nitrogens with one attached hydrogen (secondary N) is 2. The van der Waals surface area contributed by atoms with Gasteiger partial charge in [0.05, 0.1) is 10.5 Å². The number of nitrogens with zero attached hydrogens (tertiary/aromatic N) is 1. The highest BCUT2D eigenvalue weighted by Crippen LogP contribution is 2.23. The van der Waals surface area contributed by atoms with Crippen molar-refractivity contribution in [2.45, 2.75) is 44.0 Å². The van der Waals surface area contributed by atoms with Crippen LogP contribution in [0.1, 0.15) is 48.5 Å². The lowest BCUT2D eigenvalue weighted by Crippen LogP contribution is -2.25. The second-order valence-corrected chi connectivity index (χ2v) is 9.08. The molecule has 2 aromatic carbocycles. The van der Waals surface area contributed by atoms with E-state index in [0.717, 1.165) is 43.0 Å². The number of sulfonamides is 1. The van der Waals surface area contributed by atoms with Gasteiger partial charge in [0.1, 0.15) is 5.75 Å². The van der Waals surface area contributed by atoms with E-state index in [4.69, 9.17) is 0 Å². The molecule has 0 aliphatic heterocycles. The molecule has 29 heavy (non-hydrogen) atoms. The highest BCUT2D eigenvalue weighted by molar-refractivity contribution is 7.89. The van der Waals surface area contributed by atoms with Crippen molar-refractivity contribution in [1.29, 1.82) is 0 Å². The predicted octanol–water partition coefficient (Wildman–Crippen LogP) is 3.17. The molecular weight excluding hydrogens is 390 g/mol. The van der Waals surface area contributed by atoms with Gasteiger partial charge in [0.25, 0.3) is 5.91 Å². The number of aromatic hydroxyl groups is 1. The molecule has 0 aromatic heterocycles. The Morgan fingerprint density at radius 3 is 2.69 bits per heavy atom. The number of amides is 1. The van der Waals surface area contributed by atoms with E-state index in [1.165, 1.54) is 12.1 Å². The largest absolute Gasteiger partial charge is 0.507 e. The molecule has 3 N–H and O–H groups in total. The quantitative estimate of drug-likeness (QED) is 0.630. The smallest absolute Gasteiger partial charge is 0.275 e. The van der Waals surface area contributed by atoms with Gasteiger partial charge in [0, 0.05) is 12.3 Å². The molecule has 1 saturated carbocycles. The van der Waals surface area contributed by atoms with Gasteiger partial charge in [-0.2, -0.15) is 5.10 Å². The molecule has 1 fully saturated rings. The van der Waals surface area contributed by atoms with Gasteiger partial charge >= 0.3 is 0 Å². The number of benzene rings is 2. The minimum Gasteiger partial charge on any atom is -0.507 e. The molecule has 0 heterocycles. The summed E-state index contributed by atoms with van der Waals surface area (Å²) in [4.78, 5) is 12.4. The number of hydrogen-bond acceptors (Lipinski definition) is 5. The van der Waals surface area contributed by atoms with Crippen molar-refractivity contribution in [3.63, 3.8) is 0 Å². The van der Waals surface area contributed by atoms with E-state index in [1.54, 1.807) is 0 Å². The van der Waals surface area contributed by atoms with Gasteiger partial charge in [-0.25, -0.2) is 18.6 Å². The van der Waals surface area contributed by atoms with Crippen LogP contribution >= 0.6 is 0 Å². The molecule has 7 nitrogen and oxygen atoms in total. The summed E-state index contributed by atoms with van der Waals surface area (Å²) in [7, 11) is -3.85. The van der Waals surface area contributed by atoms with Crippen LogP contribution in [0.4, 0.5) is 0 Å². The van der Waals surface area contributed by atoms with Crippen molar-refractivity contribution in [3.8, 4) is 5.75 Å². The average molecular weight is 416 g/mol. The minimum atomic E-state index is -3.85. The summed E-state index contributed by atoms with van der Waals surface area (Å²) in [6.45, 7) is 2.26. The SMILES string of the molecule is C[C@@H]1CCC/C(=N/NC(=O)c2cc(S(=O)(=O)NCc3ccccc3)ccc2O)C1. The first-order valence-electron chi connectivity index (χ1n) is 9.57. The zero-order valence-corrected chi connectivity index (χ0v) is 17.1. The molecule has 0 unspecified atom stereocenters. The Morgan fingerprint density at radius 1 is 1.21 bits per heavy atom. The Hall–Kier alpha value is -2.71. The topological polar surface area (TPSA) is 108 Å². The van der Waals surface area contributed by atoms with Crippen LogP contribution in [0.25, 0.3) is 0 Å². The van der Waals surface area contributed by atoms with E-state index < -0.39 is 15.9 Å². The molecule has 3 rings (SSSR count). The first-order valence-corrected chi connectivity index (χ1v) is 11.1. The van der Waals surface area contributed by atoms with Crippen LogP contribution in [0.15, 0.2) is 58.5 Å². The lowest BCUT2D eigenvalue weighted by Gasteiger charge is -2.19. The third-order valence-corrected chi connectivity index (χ3v) is 6.29. The molecular formula is C21H25N3O4S. The Kier molecular flexibility index (Phi) is 6.66. The van der Waals surface area contributed by atoms with E-state index in [1.807, 2.05) is 30.3 Å². The van der Waals surface area contributed by atoms with Crippen LogP contribution in [0.3, 0.4) is 0 Å². The number of hydrogen-bond donors (Lipinski definition) is 3. The van der Waals surface area contributed by atoms with Crippen LogP contribution in [0, 0.1) is 5.92 Å². The number of hydrazone groups is 1. The van der Waals surface area contributed by atoms with Crippen LogP contribution in [0.5, 0.6) is 5.75 Å². The first kappa shape index (κ1) is 21.0. The lowest BCUT2D eigenvalue weighted by molar-refractivity contribution is 0.0951. The van der Waals surface area contributed by atoms with Gasteiger partial charge in [0.15, 0.2) is 0 Å². The van der Waals surface area contributed by atoms with Crippen molar-refractivity contribution < 1.29 is 18.3 Å². The molecule has 1 atom stereocenters. The third kappa shape index (κ3) is 5.65. The molecule has 1 aliphatic rings. The van der Waals surface area contributed by atoms with Crippen LogP contribution in [-0.4, -0.2) is 25.1 Å². The molecule has 2 aromatic rings. The first-order chi connectivity index (χ1) is 13.8. The zero-order valence-electron chi connectivity index (χ0n) is 16.3. The molecule has 154 valence electrons. The van der Waals surface area contributed by atoms with Crippen LogP contribution in [-0.2, 0) is 16.6 Å². The van der Waals surface area contributed by atoms with E-state index in [-0.39, 0.29) is 22.8 Å². The highest BCUT2D eigenvalue weighted by Gasteiger charge is 2.20. The lowest BCUT2D eigenvalue weighted by atomic mass is 9.89. The van der Waals surface area contributed by atoms with E-state index >= 15 is 0 Å². The fourth-order valence-electron chi connectivity index (χ4n) is 3.27. The van der Waals surface area contributed by atoms with Crippen LogP contribution < -0.4 is 10.1 Å². The summed E-state index contributed by atoms with van der Waals surface area (Å²) < 4.78 is 27.7. The summed E-state index contributed by atoms with van der Waals surface area (Å²) >= 11 is 0. The number of carbonyl (C=O) groups excluding carboxylic acids is 1. The van der Waals surface area contributed by atoms with Crippen molar-refractivity contribution in [2.24, 2.45) is 11.0 Å². The van der Waals surface area contributed by atoms with Gasteiger partial charge < -0.3 is 5.11 Å². The van der Waals surface area contributed by atoms with Gasteiger partial charge in [-0.05, 0) is 55.4 Å². The molecule has 0 bridgehead atoms. The fraction of sp³-hybridized carbons (Fsp3) is 0.333. The van der Waals surface area contributed by atoms with E-state index in [9.17, 15) is 18.3 Å². The Labute approximate surface area is 170 Å². The van der Waals surface area contributed by atoms with Crippen molar-refractivity contribution in [1.82, 2.24) is 10.1 Å². The molecule has 0 radical (unpaired) electrons. The van der Waals surface area contributed by atoms with E-state index in [2.05, 4.69) is 22.2 Å². The standard InChI is InChI=1S/C21H25N3O4S/c1-15-6-5-9-17(12-15)23-24-21(26)19-13-18(10-11-20(19)25)29(27,28)22-14-16-7-3-2-4-8-16/h2-4,7-8,10-11,13,15,22,25H,5-6,9,12,14H2,1H3,(H,24,26)/b23-17-/t15-/m1/s1. The maximum Gasteiger partial charge on any atom is 0.275 e. The summed E-state index contributed by atoms with van der Waals surface area (Å²) in [6.07, 6.45) is 3.82. The van der Waals surface area contributed by atoms with Crippen molar-refractivity contribution >= 4 is 21.6 Å². The molecule has 1 amide bonds. The zero-order chi connectivity index (χ0) is 20.9. The number of phenolic OH excluding ortho intramolecular Hbond substituents is 1. The van der Waals surface area contributed by atoms with Crippen molar-refractivity contribution in [3.05, 3.63) is 59.7 Å². The fourth-order valence-corrected chi connectivity index (χ4v) is 4.32. The minimum absolute atomic E-state index is 0.102. The predicted molar refractivity (Wildman–Crippen MR) is 111 cm³/mol. The van der Waals surface area contributed by atoms with Crippen molar-refractivity contribution in [2.75, 3.05) is 0 Å². The molecule has 0 saturated heterocycles. The summed E-state index contributed by atoms with van der Waals surface area (Å²) in [6, 6.07) is 12.7. The molecule has 8 heteroatoms. The molecule has 0 spiro atoms.